The number of nitrogens with one attached hydrogen (secondary N) is 1. The van der Waals surface area contributed by atoms with E-state index in [2.05, 4.69) is 157 Å². The SMILES string of the molecule is c1ccc(C2=NC(c3ccccc3)NC(c3ccc4c5c(cccc35)-c3c-4c(-c4ccccc4)c4ccccc4c3-c3ccccc3)=N2)cc1. The molecule has 234 valence electrons. The quantitative estimate of drug-likeness (QED) is 0.200. The Morgan fingerprint density at radius 2 is 0.860 bits per heavy atom. The molecule has 1 atom stereocenters. The summed E-state index contributed by atoms with van der Waals surface area (Å²) >= 11 is 0. The van der Waals surface area contributed by atoms with E-state index in [-0.39, 0.29) is 6.17 Å². The average molecular weight is 638 g/mol. The van der Waals surface area contributed by atoms with E-state index in [4.69, 9.17) is 9.98 Å². The number of nitrogens with zero attached hydrogens (tertiary/aromatic N) is 2. The van der Waals surface area contributed by atoms with Crippen LogP contribution in [0.2, 0.25) is 0 Å². The minimum atomic E-state index is -0.265. The van der Waals surface area contributed by atoms with Crippen molar-refractivity contribution < 1.29 is 0 Å². The van der Waals surface area contributed by atoms with Crippen LogP contribution in [0.4, 0.5) is 0 Å². The molecule has 0 spiro atoms. The molecule has 3 nitrogen and oxygen atoms in total. The van der Waals surface area contributed by atoms with Gasteiger partial charge in [-0.2, -0.15) is 0 Å². The second kappa shape index (κ2) is 11.5. The molecule has 50 heavy (non-hydrogen) atoms. The molecule has 1 aliphatic heterocycles. The average Bonchev–Trinajstić information content (AvgIpc) is 3.53. The molecule has 1 heterocycles. The summed E-state index contributed by atoms with van der Waals surface area (Å²) in [6.07, 6.45) is -0.265. The van der Waals surface area contributed by atoms with E-state index >= 15 is 0 Å². The van der Waals surface area contributed by atoms with E-state index in [9.17, 15) is 0 Å². The summed E-state index contributed by atoms with van der Waals surface area (Å²) in [7, 11) is 0. The van der Waals surface area contributed by atoms with Crippen LogP contribution in [0.25, 0.3) is 66.1 Å². The summed E-state index contributed by atoms with van der Waals surface area (Å²) in [4.78, 5) is 10.3. The number of hydrogen-bond acceptors (Lipinski definition) is 3. The van der Waals surface area contributed by atoms with Crippen molar-refractivity contribution in [3.8, 4) is 44.5 Å². The van der Waals surface area contributed by atoms with Gasteiger partial charge >= 0.3 is 0 Å². The van der Waals surface area contributed by atoms with Gasteiger partial charge in [-0.25, -0.2) is 9.98 Å². The van der Waals surface area contributed by atoms with Crippen molar-refractivity contribution in [2.75, 3.05) is 0 Å². The Kier molecular flexibility index (Phi) is 6.56. The highest BCUT2D eigenvalue weighted by Crippen LogP contribution is 2.57. The summed E-state index contributed by atoms with van der Waals surface area (Å²) in [5.74, 6) is 1.55. The smallest absolute Gasteiger partial charge is 0.159 e. The highest BCUT2D eigenvalue weighted by Gasteiger charge is 2.32. The predicted octanol–water partition coefficient (Wildman–Crippen LogP) is 11.5. The van der Waals surface area contributed by atoms with E-state index in [1.165, 1.54) is 66.1 Å². The number of aliphatic imine (C=N–C) groups is 2. The van der Waals surface area contributed by atoms with Crippen molar-refractivity contribution in [1.29, 1.82) is 0 Å². The molecule has 8 aromatic rings. The fourth-order valence-electron chi connectivity index (χ4n) is 7.92. The lowest BCUT2D eigenvalue weighted by atomic mass is 9.82. The highest BCUT2D eigenvalue weighted by atomic mass is 15.2. The molecule has 0 saturated heterocycles. The maximum absolute atomic E-state index is 5.21. The molecule has 3 heteroatoms. The van der Waals surface area contributed by atoms with Gasteiger partial charge in [-0.15, -0.1) is 0 Å². The predicted molar refractivity (Wildman–Crippen MR) is 209 cm³/mol. The Morgan fingerprint density at radius 3 is 1.46 bits per heavy atom. The Balaban J connectivity index is 1.26. The van der Waals surface area contributed by atoms with Crippen LogP contribution in [0.15, 0.2) is 186 Å². The van der Waals surface area contributed by atoms with E-state index < -0.39 is 0 Å². The Hall–Kier alpha value is -6.58. The lowest BCUT2D eigenvalue weighted by Crippen LogP contribution is -2.33. The van der Waals surface area contributed by atoms with E-state index in [1.54, 1.807) is 0 Å². The van der Waals surface area contributed by atoms with Crippen molar-refractivity contribution in [3.05, 3.63) is 193 Å². The first kappa shape index (κ1) is 28.4. The molecule has 0 fully saturated rings. The minimum Gasteiger partial charge on any atom is -0.344 e. The van der Waals surface area contributed by atoms with Crippen LogP contribution in [0.1, 0.15) is 22.9 Å². The van der Waals surface area contributed by atoms with Crippen molar-refractivity contribution in [1.82, 2.24) is 5.32 Å². The molecule has 2 aliphatic rings. The van der Waals surface area contributed by atoms with Gasteiger partial charge in [0.25, 0.3) is 0 Å². The fraction of sp³-hybridized carbons (Fsp3) is 0.0213. The standard InChI is InChI=1S/C47H31N3/c1-5-16-30(17-6-1)40-34-24-13-14-25-35(34)41(31-18-7-2-8-19-31)44-39-29-28-37(36-26-15-27-38(42(36)39)43(40)44)47-49-45(32-20-9-3-10-21-32)48-46(50-47)33-22-11-4-12-23-33/h1-29,45H,(H,48,49,50). The van der Waals surface area contributed by atoms with Gasteiger partial charge in [0, 0.05) is 11.1 Å². The number of hydrogen-bond donors (Lipinski definition) is 1. The van der Waals surface area contributed by atoms with Gasteiger partial charge in [0.1, 0.15) is 12.0 Å². The van der Waals surface area contributed by atoms with E-state index in [1.807, 2.05) is 24.3 Å². The molecule has 0 saturated carbocycles. The zero-order valence-corrected chi connectivity index (χ0v) is 27.2. The lowest BCUT2D eigenvalue weighted by molar-refractivity contribution is 0.674. The largest absolute Gasteiger partial charge is 0.344 e. The summed E-state index contributed by atoms with van der Waals surface area (Å²) < 4.78 is 0. The first-order valence-electron chi connectivity index (χ1n) is 17.1. The molecule has 10 rings (SSSR count). The molecule has 1 unspecified atom stereocenters. The van der Waals surface area contributed by atoms with Gasteiger partial charge < -0.3 is 5.32 Å². The van der Waals surface area contributed by atoms with Gasteiger partial charge in [-0.05, 0) is 71.6 Å². The van der Waals surface area contributed by atoms with Crippen LogP contribution in [0, 0.1) is 0 Å². The molecule has 0 amide bonds. The lowest BCUT2D eigenvalue weighted by Gasteiger charge is -2.24. The van der Waals surface area contributed by atoms with Crippen LogP contribution >= 0.6 is 0 Å². The summed E-state index contributed by atoms with van der Waals surface area (Å²) in [6.45, 7) is 0. The monoisotopic (exact) mass is 637 g/mol. The minimum absolute atomic E-state index is 0.265. The second-order valence-electron chi connectivity index (χ2n) is 12.9. The van der Waals surface area contributed by atoms with E-state index in [0.717, 1.165) is 28.4 Å². The molecule has 0 aromatic heterocycles. The van der Waals surface area contributed by atoms with Crippen molar-refractivity contribution >= 4 is 33.2 Å². The summed E-state index contributed by atoms with van der Waals surface area (Å²) in [5, 5.41) is 8.67. The normalized spacial score (nSPS) is 14.6. The number of amidine groups is 2. The van der Waals surface area contributed by atoms with Crippen LogP contribution < -0.4 is 5.32 Å². The van der Waals surface area contributed by atoms with Crippen LogP contribution in [0.3, 0.4) is 0 Å². The third-order valence-electron chi connectivity index (χ3n) is 10.1. The van der Waals surface area contributed by atoms with Gasteiger partial charge in [-0.3, -0.25) is 0 Å². The summed E-state index contributed by atoms with van der Waals surface area (Å²) in [6, 6.07) is 62.7. The van der Waals surface area contributed by atoms with E-state index in [0.29, 0.717) is 0 Å². The van der Waals surface area contributed by atoms with Gasteiger partial charge in [0.2, 0.25) is 0 Å². The highest BCUT2D eigenvalue weighted by molar-refractivity contribution is 6.30. The van der Waals surface area contributed by atoms with Crippen LogP contribution in [0.5, 0.6) is 0 Å². The number of benzene rings is 8. The Bertz CT molecular complexity index is 2550. The van der Waals surface area contributed by atoms with Crippen molar-refractivity contribution in [3.63, 3.8) is 0 Å². The fourth-order valence-corrected chi connectivity index (χ4v) is 7.92. The molecular formula is C47H31N3. The zero-order valence-electron chi connectivity index (χ0n) is 27.2. The first-order chi connectivity index (χ1) is 24.8. The molecule has 1 aliphatic carbocycles. The Morgan fingerprint density at radius 1 is 0.380 bits per heavy atom. The maximum Gasteiger partial charge on any atom is 0.159 e. The first-order valence-corrected chi connectivity index (χ1v) is 17.1. The molecule has 0 bridgehead atoms. The van der Waals surface area contributed by atoms with Crippen molar-refractivity contribution in [2.24, 2.45) is 9.98 Å². The maximum atomic E-state index is 5.21. The third kappa shape index (κ3) is 4.44. The summed E-state index contributed by atoms with van der Waals surface area (Å²) in [5.41, 5.74) is 13.2. The molecular weight excluding hydrogens is 607 g/mol. The molecule has 1 N–H and O–H groups in total. The van der Waals surface area contributed by atoms with Gasteiger partial charge in [0.15, 0.2) is 5.84 Å². The third-order valence-corrected chi connectivity index (χ3v) is 10.1. The van der Waals surface area contributed by atoms with Crippen LogP contribution in [-0.2, 0) is 0 Å². The number of fused-ring (bicyclic) bond motifs is 4. The second-order valence-corrected chi connectivity index (χ2v) is 12.9. The van der Waals surface area contributed by atoms with Crippen LogP contribution in [-0.4, -0.2) is 11.7 Å². The molecule has 8 aromatic carbocycles. The Labute approximate surface area is 291 Å². The molecule has 0 radical (unpaired) electrons. The van der Waals surface area contributed by atoms with Gasteiger partial charge in [0.05, 0.1) is 0 Å². The number of rotatable bonds is 5. The van der Waals surface area contributed by atoms with Gasteiger partial charge in [-0.1, -0.05) is 176 Å². The topological polar surface area (TPSA) is 36.8 Å². The zero-order chi connectivity index (χ0) is 33.0. The van der Waals surface area contributed by atoms with Crippen molar-refractivity contribution in [2.45, 2.75) is 6.17 Å².